The van der Waals surface area contributed by atoms with Gasteiger partial charge < -0.3 is 15.4 Å². The highest BCUT2D eigenvalue weighted by Crippen LogP contribution is 2.18. The van der Waals surface area contributed by atoms with E-state index in [1.807, 2.05) is 0 Å². The van der Waals surface area contributed by atoms with E-state index in [1.165, 1.54) is 30.8 Å². The Bertz CT molecular complexity index is 818. The maximum atomic E-state index is 13.5. The van der Waals surface area contributed by atoms with E-state index in [2.05, 4.69) is 20.5 Å². The van der Waals surface area contributed by atoms with Crippen molar-refractivity contribution in [1.82, 2.24) is 15.1 Å². The van der Waals surface area contributed by atoms with Gasteiger partial charge in [-0.2, -0.15) is 5.10 Å². The number of nitrogens with zero attached hydrogens (tertiary/aromatic N) is 2. The van der Waals surface area contributed by atoms with Gasteiger partial charge in [-0.15, -0.1) is 0 Å². The normalized spacial score (nSPS) is 11.5. The van der Waals surface area contributed by atoms with Crippen molar-refractivity contribution in [2.24, 2.45) is 7.05 Å². The van der Waals surface area contributed by atoms with Crippen molar-refractivity contribution in [2.45, 2.75) is 13.0 Å². The minimum atomic E-state index is -0.901. The number of carbonyl (C=O) groups is 3. The summed E-state index contributed by atoms with van der Waals surface area (Å²) >= 11 is 0. The number of hydrogen-bond donors (Lipinski definition) is 2. The molecule has 0 radical (unpaired) electrons. The number of rotatable bonds is 5. The molecule has 2 amide bonds. The van der Waals surface area contributed by atoms with Gasteiger partial charge in [-0.1, -0.05) is 0 Å². The van der Waals surface area contributed by atoms with Crippen molar-refractivity contribution in [1.29, 1.82) is 0 Å². The molecule has 1 aromatic heterocycles. The molecule has 0 aliphatic carbocycles. The molecule has 0 saturated carbocycles. The summed E-state index contributed by atoms with van der Waals surface area (Å²) in [5.41, 5.74) is 0.0766. The predicted molar refractivity (Wildman–Crippen MR) is 86.5 cm³/mol. The number of halogens is 1. The van der Waals surface area contributed by atoms with Crippen LogP contribution in [0.15, 0.2) is 30.5 Å². The molecule has 8 nitrogen and oxygen atoms in total. The Kier molecular flexibility index (Phi) is 5.48. The predicted octanol–water partition coefficient (Wildman–Crippen LogP) is 1.10. The minimum Gasteiger partial charge on any atom is -0.467 e. The van der Waals surface area contributed by atoms with Gasteiger partial charge in [0.25, 0.3) is 11.8 Å². The number of methoxy groups -OCH3 is 1. The highest BCUT2D eigenvalue weighted by atomic mass is 19.1. The molecule has 0 bridgehead atoms. The topological polar surface area (TPSA) is 102 Å². The standard InChI is InChI=1S/C16H17FN4O4/c1-9(16(24)25-3)18-14(22)11-5-4-10(17)8-13(11)19-15(23)12-6-7-21(2)20-12/h4-9H,1-3H3,(H,18,22)(H,19,23). The Morgan fingerprint density at radius 2 is 1.96 bits per heavy atom. The Morgan fingerprint density at radius 3 is 2.56 bits per heavy atom. The number of carbonyl (C=O) groups excluding carboxylic acids is 3. The van der Waals surface area contributed by atoms with Crippen molar-refractivity contribution in [3.05, 3.63) is 47.5 Å². The van der Waals surface area contributed by atoms with E-state index in [0.717, 1.165) is 12.1 Å². The van der Waals surface area contributed by atoms with Crippen molar-refractivity contribution < 1.29 is 23.5 Å². The fourth-order valence-corrected chi connectivity index (χ4v) is 2.05. The summed E-state index contributed by atoms with van der Waals surface area (Å²) in [5.74, 6) is -2.51. The van der Waals surface area contributed by atoms with Gasteiger partial charge >= 0.3 is 5.97 Å². The molecule has 2 N–H and O–H groups in total. The van der Waals surface area contributed by atoms with Gasteiger partial charge in [-0.05, 0) is 31.2 Å². The average molecular weight is 348 g/mol. The Morgan fingerprint density at radius 1 is 1.24 bits per heavy atom. The zero-order valence-corrected chi connectivity index (χ0v) is 13.9. The lowest BCUT2D eigenvalue weighted by Crippen LogP contribution is -2.39. The zero-order chi connectivity index (χ0) is 18.6. The molecular formula is C16H17FN4O4. The van der Waals surface area contributed by atoms with E-state index in [0.29, 0.717) is 0 Å². The molecule has 1 heterocycles. The number of amides is 2. The summed E-state index contributed by atoms with van der Waals surface area (Å²) in [5, 5.41) is 8.80. The van der Waals surface area contributed by atoms with E-state index in [1.54, 1.807) is 13.2 Å². The van der Waals surface area contributed by atoms with Crippen molar-refractivity contribution in [3.8, 4) is 0 Å². The van der Waals surface area contributed by atoms with Gasteiger partial charge in [0.05, 0.1) is 18.4 Å². The van der Waals surface area contributed by atoms with E-state index in [-0.39, 0.29) is 16.9 Å². The third-order valence-electron chi connectivity index (χ3n) is 3.32. The Balaban J connectivity index is 2.23. The second kappa shape index (κ2) is 7.56. The monoisotopic (exact) mass is 348 g/mol. The van der Waals surface area contributed by atoms with Crippen LogP contribution in [0.4, 0.5) is 10.1 Å². The van der Waals surface area contributed by atoms with Gasteiger partial charge in [-0.25, -0.2) is 9.18 Å². The third-order valence-corrected chi connectivity index (χ3v) is 3.32. The van der Waals surface area contributed by atoms with Crippen LogP contribution in [0.2, 0.25) is 0 Å². The van der Waals surface area contributed by atoms with Gasteiger partial charge in [0.15, 0.2) is 5.69 Å². The van der Waals surface area contributed by atoms with Crippen LogP contribution in [0.1, 0.15) is 27.8 Å². The lowest BCUT2D eigenvalue weighted by molar-refractivity contribution is -0.142. The van der Waals surface area contributed by atoms with Crippen LogP contribution in [-0.2, 0) is 16.6 Å². The fraction of sp³-hybridized carbons (Fsp3) is 0.250. The number of aromatic nitrogens is 2. The van der Waals surface area contributed by atoms with Crippen LogP contribution >= 0.6 is 0 Å². The number of aryl methyl sites for hydroxylation is 1. The molecule has 0 aliphatic rings. The molecule has 0 aliphatic heterocycles. The number of esters is 1. The first-order valence-corrected chi connectivity index (χ1v) is 7.31. The number of ether oxygens (including phenoxy) is 1. The van der Waals surface area contributed by atoms with Gasteiger partial charge in [0.2, 0.25) is 0 Å². The summed E-state index contributed by atoms with van der Waals surface area (Å²) in [6, 6.07) is 3.88. The maximum Gasteiger partial charge on any atom is 0.328 e. The van der Waals surface area contributed by atoms with Crippen LogP contribution < -0.4 is 10.6 Å². The molecule has 25 heavy (non-hydrogen) atoms. The van der Waals surface area contributed by atoms with Gasteiger partial charge in [0, 0.05) is 13.2 Å². The number of nitrogens with one attached hydrogen (secondary N) is 2. The second-order valence-corrected chi connectivity index (χ2v) is 5.24. The van der Waals surface area contributed by atoms with Crippen LogP contribution in [0.5, 0.6) is 0 Å². The summed E-state index contributed by atoms with van der Waals surface area (Å²) in [4.78, 5) is 35.9. The third kappa shape index (κ3) is 4.40. The second-order valence-electron chi connectivity index (χ2n) is 5.24. The SMILES string of the molecule is COC(=O)C(C)NC(=O)c1ccc(F)cc1NC(=O)c1ccn(C)n1. The van der Waals surface area contributed by atoms with E-state index in [9.17, 15) is 18.8 Å². The summed E-state index contributed by atoms with van der Waals surface area (Å²) in [7, 11) is 2.84. The molecular weight excluding hydrogens is 331 g/mol. The molecule has 9 heteroatoms. The lowest BCUT2D eigenvalue weighted by Gasteiger charge is -2.14. The van der Waals surface area contributed by atoms with Crippen LogP contribution in [0.3, 0.4) is 0 Å². The van der Waals surface area contributed by atoms with Crippen molar-refractivity contribution >= 4 is 23.5 Å². The lowest BCUT2D eigenvalue weighted by atomic mass is 10.1. The molecule has 0 spiro atoms. The maximum absolute atomic E-state index is 13.5. The fourth-order valence-electron chi connectivity index (χ4n) is 2.05. The van der Waals surface area contributed by atoms with Gasteiger partial charge in [-0.3, -0.25) is 14.3 Å². The Hall–Kier alpha value is -3.23. The molecule has 0 saturated heterocycles. The molecule has 2 aromatic rings. The zero-order valence-electron chi connectivity index (χ0n) is 13.9. The highest BCUT2D eigenvalue weighted by molar-refractivity contribution is 6.08. The average Bonchev–Trinajstić information content (AvgIpc) is 3.00. The van der Waals surface area contributed by atoms with E-state index < -0.39 is 29.6 Å². The van der Waals surface area contributed by atoms with Crippen LogP contribution in [0, 0.1) is 5.82 Å². The largest absolute Gasteiger partial charge is 0.467 e. The summed E-state index contributed by atoms with van der Waals surface area (Å²) in [6.45, 7) is 1.44. The Labute approximate surface area is 143 Å². The van der Waals surface area contributed by atoms with Gasteiger partial charge in [0.1, 0.15) is 11.9 Å². The first-order valence-electron chi connectivity index (χ1n) is 7.31. The smallest absolute Gasteiger partial charge is 0.328 e. The van der Waals surface area contributed by atoms with Crippen LogP contribution in [0.25, 0.3) is 0 Å². The minimum absolute atomic E-state index is 0.00133. The van der Waals surface area contributed by atoms with Crippen molar-refractivity contribution in [2.75, 3.05) is 12.4 Å². The quantitative estimate of drug-likeness (QED) is 0.788. The molecule has 1 aromatic carbocycles. The number of benzene rings is 1. The molecule has 0 fully saturated rings. The molecule has 2 rings (SSSR count). The molecule has 1 atom stereocenters. The summed E-state index contributed by atoms with van der Waals surface area (Å²) in [6.07, 6.45) is 1.58. The molecule has 132 valence electrons. The highest BCUT2D eigenvalue weighted by Gasteiger charge is 2.21. The van der Waals surface area contributed by atoms with Crippen molar-refractivity contribution in [3.63, 3.8) is 0 Å². The summed E-state index contributed by atoms with van der Waals surface area (Å²) < 4.78 is 19.5. The first-order chi connectivity index (χ1) is 11.8. The first kappa shape index (κ1) is 18.1. The molecule has 1 unspecified atom stereocenters. The van der Waals surface area contributed by atoms with Crippen LogP contribution in [-0.4, -0.2) is 40.7 Å². The van der Waals surface area contributed by atoms with E-state index >= 15 is 0 Å². The van der Waals surface area contributed by atoms with E-state index in [4.69, 9.17) is 0 Å². The number of anilines is 1. The number of hydrogen-bond acceptors (Lipinski definition) is 5.